The summed E-state index contributed by atoms with van der Waals surface area (Å²) < 4.78 is 86.2. The monoisotopic (exact) mass is 1540 g/mol. The Balaban J connectivity index is 0.000000108. The van der Waals surface area contributed by atoms with Gasteiger partial charge in [-0.15, -0.1) is 0 Å². The van der Waals surface area contributed by atoms with Crippen LogP contribution in [0.1, 0.15) is 119 Å². The van der Waals surface area contributed by atoms with Crippen molar-refractivity contribution in [1.82, 2.24) is 0 Å². The molecule has 0 aliphatic heterocycles. The molecule has 0 amide bonds. The summed E-state index contributed by atoms with van der Waals surface area (Å²) in [7, 11) is 8.15. The first-order valence-corrected chi connectivity index (χ1v) is 41.7. The Labute approximate surface area is 692 Å². The average molecular weight is 1540 g/mol. The molecule has 0 spiro atoms. The van der Waals surface area contributed by atoms with E-state index < -0.39 is 19.1 Å². The third-order valence-electron chi connectivity index (χ3n) is 24.6. The van der Waals surface area contributed by atoms with Crippen LogP contribution >= 0.6 is 0 Å². The third kappa shape index (κ3) is 14.4. The molecule has 22 rings (SSSR count). The summed E-state index contributed by atoms with van der Waals surface area (Å²) in [5.41, 5.74) is 22.8. The van der Waals surface area contributed by atoms with E-state index in [0.717, 1.165) is 190 Å². The lowest BCUT2D eigenvalue weighted by atomic mass is 9.85. The van der Waals surface area contributed by atoms with Crippen molar-refractivity contribution in [3.63, 3.8) is 0 Å². The van der Waals surface area contributed by atoms with Gasteiger partial charge >= 0.3 is 0 Å². The number of nitrogens with zero attached hydrogens (tertiary/aromatic N) is 4. The largest absolute Gasteiger partial charge is 0.456 e. The van der Waals surface area contributed by atoms with Crippen LogP contribution in [0.2, 0.25) is 0 Å². The van der Waals surface area contributed by atoms with Gasteiger partial charge < -0.3 is 17.7 Å². The van der Waals surface area contributed by atoms with E-state index in [1.54, 1.807) is 0 Å². The van der Waals surface area contributed by atoms with Crippen molar-refractivity contribution in [3.8, 4) is 45.0 Å². The van der Waals surface area contributed by atoms with E-state index in [-0.39, 0.29) is 17.8 Å². The van der Waals surface area contributed by atoms with E-state index >= 15 is 0 Å². The molecule has 2 saturated carbocycles. The number of fused-ring (bicyclic) bond motifs is 20. The molecule has 8 heterocycles. The molecule has 20 aromatic rings. The number of furan rings is 4. The van der Waals surface area contributed by atoms with Crippen molar-refractivity contribution in [2.75, 3.05) is 0 Å². The summed E-state index contributed by atoms with van der Waals surface area (Å²) in [6.45, 7) is 12.4. The third-order valence-corrected chi connectivity index (χ3v) is 24.6. The topological polar surface area (TPSA) is 68.1 Å². The van der Waals surface area contributed by atoms with Gasteiger partial charge in [-0.3, -0.25) is 0 Å². The molecule has 117 heavy (non-hydrogen) atoms. The van der Waals surface area contributed by atoms with Gasteiger partial charge in [0.05, 0.1) is 16.7 Å². The number of aromatic nitrogens is 4. The van der Waals surface area contributed by atoms with Crippen molar-refractivity contribution < 1.29 is 44.2 Å². The summed E-state index contributed by atoms with van der Waals surface area (Å²) >= 11 is 0. The Morgan fingerprint density at radius 3 is 0.974 bits per heavy atom. The number of benzene rings is 12. The van der Waals surface area contributed by atoms with Crippen molar-refractivity contribution >= 4 is 131 Å². The highest BCUT2D eigenvalue weighted by Crippen LogP contribution is 2.44. The summed E-state index contributed by atoms with van der Waals surface area (Å²) in [6, 6.07) is 86.1. The molecule has 0 atom stereocenters. The maximum atomic E-state index is 8.96. The standard InChI is InChI=1S/C30H30NO.C29H28NO.C27H26NO.C23H18NO/c1-20-16-26-29(32-28-13-12-23-10-6-7-11-24(23)30(26)28)19-25(20)27-18-22(14-15-31(27)2)17-21-8-4-3-5-9-21;1-19-15-25-28(31-27-12-11-22-9-5-6-10-23(22)29(25)27)18-24(19)26-17-21(13-14-30(26)2)16-20-7-3-4-8-20;1-17(2)13-19-11-12-28(4)24(15-19)22-16-26-23(14-18(22)3)27-21-8-6-5-7-20(21)9-10-25(27)29-26;1-15-13-22-19(14-18(15)20-9-5-6-12-24(20)2)23-17-8-4-3-7-16(17)10-11-21(23)25-22/h6-7,10-16,18-19,21H,3-5,8-9,17H2,1-2H3;5-6,9-15,17-18,20H,3-4,7-8,16H2,1-2H3;5-12,14-17H,13H2,1-4H3;3-14H,1-2H3/q4*+1/i17D2;16D2;13D2;. The minimum Gasteiger partial charge on any atom is -0.456 e. The molecule has 2 aliphatic carbocycles. The molecular weight excluding hydrogens is 1430 g/mol. The molecule has 0 radical (unpaired) electrons. The van der Waals surface area contributed by atoms with E-state index in [2.05, 4.69) is 267 Å². The fourth-order valence-corrected chi connectivity index (χ4v) is 18.6. The van der Waals surface area contributed by atoms with Crippen LogP contribution in [0.5, 0.6) is 0 Å². The molecule has 8 heteroatoms. The van der Waals surface area contributed by atoms with Crippen LogP contribution in [0, 0.1) is 45.4 Å². The molecule has 2 fully saturated rings. The van der Waals surface area contributed by atoms with Crippen LogP contribution in [0.15, 0.2) is 291 Å². The van der Waals surface area contributed by atoms with Crippen LogP contribution in [-0.2, 0) is 47.3 Å². The number of rotatable bonds is 10. The maximum Gasteiger partial charge on any atom is 0.212 e. The fourth-order valence-electron chi connectivity index (χ4n) is 18.6. The Bertz CT molecular complexity index is 7580. The number of aryl methyl sites for hydroxylation is 8. The average Bonchev–Trinajstić information content (AvgIpc) is 1.62. The van der Waals surface area contributed by atoms with Gasteiger partial charge in [-0.05, 0) is 225 Å². The molecule has 0 unspecified atom stereocenters. The molecule has 0 bridgehead atoms. The molecule has 0 saturated heterocycles. The zero-order chi connectivity index (χ0) is 85.1. The zero-order valence-corrected chi connectivity index (χ0v) is 68.5. The highest BCUT2D eigenvalue weighted by molar-refractivity contribution is 6.23. The second kappa shape index (κ2) is 31.3. The van der Waals surface area contributed by atoms with Crippen LogP contribution in [0.25, 0.3) is 176 Å². The van der Waals surface area contributed by atoms with Crippen LogP contribution < -0.4 is 18.3 Å². The first kappa shape index (κ1) is 67.8. The molecule has 2 aliphatic rings. The molecule has 8 nitrogen and oxygen atoms in total. The van der Waals surface area contributed by atoms with E-state index in [9.17, 15) is 0 Å². The smallest absolute Gasteiger partial charge is 0.212 e. The predicted octanol–water partition coefficient (Wildman–Crippen LogP) is 27.2. The Hall–Kier alpha value is -12.5. The minimum atomic E-state index is -1.39. The lowest BCUT2D eigenvalue weighted by Crippen LogP contribution is -2.31. The fraction of sp³-hybridized carbons (Fsp3) is 0.229. The minimum absolute atomic E-state index is 0.0917. The summed E-state index contributed by atoms with van der Waals surface area (Å²) in [6.07, 6.45) is 13.7. The van der Waals surface area contributed by atoms with E-state index in [0.29, 0.717) is 5.56 Å². The van der Waals surface area contributed by atoms with Gasteiger partial charge in [-0.2, -0.15) is 0 Å². The molecule has 578 valence electrons. The molecular formula is C109H102N4O4+4. The van der Waals surface area contributed by atoms with Gasteiger partial charge in [0.25, 0.3) is 0 Å². The van der Waals surface area contributed by atoms with Gasteiger partial charge in [0, 0.05) is 105 Å². The highest BCUT2D eigenvalue weighted by Gasteiger charge is 2.26. The van der Waals surface area contributed by atoms with Gasteiger partial charge in [0.15, 0.2) is 24.8 Å². The molecule has 0 N–H and O–H groups in total. The summed E-state index contributed by atoms with van der Waals surface area (Å²) in [5, 5.41) is 18.9. The lowest BCUT2D eigenvalue weighted by Gasteiger charge is -2.21. The van der Waals surface area contributed by atoms with Gasteiger partial charge in [-0.1, -0.05) is 193 Å². The SMILES string of the molecule is Cc1cc2oc3ccc4ccccc4c3c2cc1-c1cccc[n+]1C.[2H]C([2H])(c1cc[n+](C)c(-c2cc3oc4ccc5ccccc5c4c3cc2C)c1)C(C)C.[2H]C([2H])(c1cc[n+](C)c(-c2cc3oc4ccc5ccccc5c4c3cc2C)c1)C1CCCC1.[2H]C([2H])(c1cc[n+](C)c(-c2cc3oc4ccc5ccccc5c4c3cc2C)c1)C1CCCCC1. The van der Waals surface area contributed by atoms with Crippen molar-refractivity contribution in [2.45, 2.75) is 118 Å². The first-order valence-electron chi connectivity index (χ1n) is 44.7. The van der Waals surface area contributed by atoms with E-state index in [4.69, 9.17) is 25.9 Å². The Morgan fingerprint density at radius 1 is 0.291 bits per heavy atom. The maximum absolute atomic E-state index is 8.96. The lowest BCUT2D eigenvalue weighted by molar-refractivity contribution is -0.660. The second-order valence-corrected chi connectivity index (χ2v) is 33.0. The van der Waals surface area contributed by atoms with Crippen LogP contribution in [0.3, 0.4) is 0 Å². The normalized spacial score (nSPS) is 14.7. The van der Waals surface area contributed by atoms with Gasteiger partial charge in [0.2, 0.25) is 22.8 Å². The molecule has 12 aromatic carbocycles. The quantitative estimate of drug-likeness (QED) is 0.128. The highest BCUT2D eigenvalue weighted by atomic mass is 16.3. The zero-order valence-electron chi connectivity index (χ0n) is 74.5. The van der Waals surface area contributed by atoms with Crippen LogP contribution in [0.4, 0.5) is 0 Å². The number of hydrogen-bond donors (Lipinski definition) is 0. The summed E-state index contributed by atoms with van der Waals surface area (Å²) in [4.78, 5) is 0. The van der Waals surface area contributed by atoms with Gasteiger partial charge in [0.1, 0.15) is 72.9 Å². The Morgan fingerprint density at radius 2 is 0.598 bits per heavy atom. The molecule has 8 aromatic heterocycles. The number of pyridine rings is 4. The summed E-state index contributed by atoms with van der Waals surface area (Å²) in [5.74, 6) is 0.0830. The van der Waals surface area contributed by atoms with Crippen molar-refractivity contribution in [3.05, 3.63) is 312 Å². The Kier molecular flexibility index (Phi) is 18.1. The number of hydrogen-bond acceptors (Lipinski definition) is 4. The van der Waals surface area contributed by atoms with E-state index in [1.807, 2.05) is 94.5 Å². The van der Waals surface area contributed by atoms with Crippen LogP contribution in [-0.4, -0.2) is 0 Å². The van der Waals surface area contributed by atoms with Crippen molar-refractivity contribution in [1.29, 1.82) is 0 Å². The predicted molar refractivity (Wildman–Crippen MR) is 485 cm³/mol. The first-order chi connectivity index (χ1) is 59.4. The van der Waals surface area contributed by atoms with E-state index in [1.165, 1.54) is 77.1 Å². The second-order valence-electron chi connectivity index (χ2n) is 33.0. The van der Waals surface area contributed by atoms with Crippen molar-refractivity contribution in [2.24, 2.45) is 45.9 Å². The van der Waals surface area contributed by atoms with Gasteiger partial charge in [-0.25, -0.2) is 18.3 Å².